The summed E-state index contributed by atoms with van der Waals surface area (Å²) in [6, 6.07) is 6.17. The molecule has 2 aliphatic rings. The van der Waals surface area contributed by atoms with Crippen LogP contribution in [0.3, 0.4) is 0 Å². The number of fused-ring (bicyclic) bond motifs is 5. The van der Waals surface area contributed by atoms with Gasteiger partial charge in [0.2, 0.25) is 0 Å². The van der Waals surface area contributed by atoms with Gasteiger partial charge in [0.1, 0.15) is 27.4 Å². The van der Waals surface area contributed by atoms with Gasteiger partial charge in [-0.15, -0.1) is 11.3 Å². The molecule has 1 aromatic carbocycles. The van der Waals surface area contributed by atoms with Crippen molar-refractivity contribution in [3.8, 4) is 5.69 Å². The molecule has 10 nitrogen and oxygen atoms in total. The van der Waals surface area contributed by atoms with Gasteiger partial charge in [0, 0.05) is 36.5 Å². The third kappa shape index (κ3) is 3.58. The number of hydrogen-bond donors (Lipinski definition) is 0. The minimum Gasteiger partial charge on any atom is -0.378 e. The Labute approximate surface area is 203 Å². The van der Waals surface area contributed by atoms with E-state index in [0.717, 1.165) is 40.3 Å². The third-order valence-electron chi connectivity index (χ3n) is 6.58. The Balaban J connectivity index is 1.62. The van der Waals surface area contributed by atoms with E-state index in [-0.39, 0.29) is 22.5 Å². The van der Waals surface area contributed by atoms with Gasteiger partial charge in [-0.25, -0.2) is 9.97 Å². The molecule has 0 aliphatic carbocycles. The topological polar surface area (TPSA) is 113 Å². The number of nitro groups is 1. The molecule has 0 N–H and O–H groups in total. The number of rotatable bonds is 3. The molecule has 6 rings (SSSR count). The Morgan fingerprint density at radius 3 is 2.71 bits per heavy atom. The molecular formula is C24H23N5O5S. The Morgan fingerprint density at radius 1 is 1.17 bits per heavy atom. The molecule has 11 heteroatoms. The molecule has 0 spiro atoms. The van der Waals surface area contributed by atoms with Crippen molar-refractivity contribution in [3.63, 3.8) is 0 Å². The number of nitrogens with zero attached hydrogens (tertiary/aromatic N) is 5. The zero-order valence-corrected chi connectivity index (χ0v) is 20.1. The van der Waals surface area contributed by atoms with Gasteiger partial charge < -0.3 is 14.4 Å². The summed E-state index contributed by atoms with van der Waals surface area (Å²) >= 11 is 1.29. The van der Waals surface area contributed by atoms with Crippen molar-refractivity contribution in [3.05, 3.63) is 62.2 Å². The summed E-state index contributed by atoms with van der Waals surface area (Å²) < 4.78 is 13.4. The monoisotopic (exact) mass is 493 g/mol. The Hall–Kier alpha value is -3.41. The second kappa shape index (κ2) is 8.08. The molecule has 0 atom stereocenters. The lowest BCUT2D eigenvalue weighted by Crippen LogP contribution is -2.39. The molecule has 0 saturated carbocycles. The molecule has 1 saturated heterocycles. The number of nitro benzene ring substituents is 1. The van der Waals surface area contributed by atoms with Gasteiger partial charge >= 0.3 is 0 Å². The van der Waals surface area contributed by atoms with E-state index in [1.807, 2.05) is 0 Å². The van der Waals surface area contributed by atoms with Gasteiger partial charge in [0.25, 0.3) is 11.2 Å². The van der Waals surface area contributed by atoms with Gasteiger partial charge in [0.05, 0.1) is 35.9 Å². The van der Waals surface area contributed by atoms with E-state index in [4.69, 9.17) is 14.5 Å². The molecule has 0 unspecified atom stereocenters. The lowest BCUT2D eigenvalue weighted by Gasteiger charge is -2.36. The van der Waals surface area contributed by atoms with Crippen LogP contribution in [-0.2, 0) is 22.5 Å². The van der Waals surface area contributed by atoms with Crippen molar-refractivity contribution in [2.24, 2.45) is 0 Å². The summed E-state index contributed by atoms with van der Waals surface area (Å²) in [7, 11) is 0. The van der Waals surface area contributed by atoms with Crippen LogP contribution in [0.4, 0.5) is 11.5 Å². The van der Waals surface area contributed by atoms with Crippen LogP contribution < -0.4 is 10.5 Å². The fourth-order valence-electron chi connectivity index (χ4n) is 4.88. The fraction of sp³-hybridized carbons (Fsp3) is 0.375. The molecule has 4 aromatic rings. The van der Waals surface area contributed by atoms with E-state index in [9.17, 15) is 14.9 Å². The van der Waals surface area contributed by atoms with E-state index < -0.39 is 4.92 Å². The predicted molar refractivity (Wildman–Crippen MR) is 133 cm³/mol. The zero-order chi connectivity index (χ0) is 24.3. The van der Waals surface area contributed by atoms with Gasteiger partial charge in [-0.1, -0.05) is 12.1 Å². The summed E-state index contributed by atoms with van der Waals surface area (Å²) in [4.78, 5) is 37.2. The summed E-state index contributed by atoms with van der Waals surface area (Å²) in [6.45, 7) is 7.29. The van der Waals surface area contributed by atoms with Crippen LogP contribution >= 0.6 is 11.3 Å². The second-order valence-corrected chi connectivity index (χ2v) is 10.3. The minimum atomic E-state index is -0.495. The fourth-order valence-corrected chi connectivity index (χ4v) is 5.96. The zero-order valence-electron chi connectivity index (χ0n) is 19.3. The van der Waals surface area contributed by atoms with Crippen LogP contribution in [0.15, 0.2) is 35.4 Å². The number of anilines is 1. The Kier molecular flexibility index (Phi) is 5.09. The number of para-hydroxylation sites is 2. The van der Waals surface area contributed by atoms with Crippen molar-refractivity contribution >= 4 is 43.3 Å². The minimum absolute atomic E-state index is 0.152. The van der Waals surface area contributed by atoms with Crippen molar-refractivity contribution in [2.75, 3.05) is 31.2 Å². The largest absolute Gasteiger partial charge is 0.378 e. The molecule has 1 fully saturated rings. The third-order valence-corrected chi connectivity index (χ3v) is 7.64. The van der Waals surface area contributed by atoms with Crippen molar-refractivity contribution in [2.45, 2.75) is 32.5 Å². The molecule has 35 heavy (non-hydrogen) atoms. The first-order valence-corrected chi connectivity index (χ1v) is 12.2. The molecule has 180 valence electrons. The van der Waals surface area contributed by atoms with Crippen molar-refractivity contribution in [1.82, 2.24) is 14.5 Å². The quantitative estimate of drug-likeness (QED) is 0.314. The molecule has 2 aliphatic heterocycles. The number of hydrogen-bond acceptors (Lipinski definition) is 9. The van der Waals surface area contributed by atoms with E-state index in [1.165, 1.54) is 28.3 Å². The number of pyridine rings is 1. The lowest BCUT2D eigenvalue weighted by molar-refractivity contribution is -0.384. The maximum atomic E-state index is 13.6. The van der Waals surface area contributed by atoms with Crippen LogP contribution in [0.1, 0.15) is 25.0 Å². The maximum Gasteiger partial charge on any atom is 0.293 e. The van der Waals surface area contributed by atoms with Crippen LogP contribution in [0.25, 0.3) is 26.1 Å². The van der Waals surface area contributed by atoms with Crippen molar-refractivity contribution < 1.29 is 14.4 Å². The van der Waals surface area contributed by atoms with Gasteiger partial charge in [0.15, 0.2) is 0 Å². The average molecular weight is 494 g/mol. The highest BCUT2D eigenvalue weighted by molar-refractivity contribution is 7.25. The summed E-state index contributed by atoms with van der Waals surface area (Å²) in [5.41, 5.74) is 2.04. The molecule has 0 amide bonds. The summed E-state index contributed by atoms with van der Waals surface area (Å²) in [6.07, 6.45) is 2.05. The molecule has 3 aromatic heterocycles. The second-order valence-electron chi connectivity index (χ2n) is 9.34. The first kappa shape index (κ1) is 22.1. The SMILES string of the molecule is CC1(C)Cc2c(c(N3CCOCC3)nc3sc4c(=O)n(-c5ccccc5[N+](=O)[O-])cnc4c23)CO1. The summed E-state index contributed by atoms with van der Waals surface area (Å²) in [5.74, 6) is 0.872. The maximum absolute atomic E-state index is 13.6. The van der Waals surface area contributed by atoms with E-state index in [0.29, 0.717) is 36.5 Å². The van der Waals surface area contributed by atoms with Gasteiger partial charge in [-0.05, 0) is 25.5 Å². The number of aromatic nitrogens is 3. The highest BCUT2D eigenvalue weighted by atomic mass is 32.1. The number of ether oxygens (including phenoxy) is 2. The first-order chi connectivity index (χ1) is 16.8. The molecule has 5 heterocycles. The van der Waals surface area contributed by atoms with E-state index >= 15 is 0 Å². The van der Waals surface area contributed by atoms with E-state index in [2.05, 4.69) is 23.7 Å². The average Bonchev–Trinajstić information content (AvgIpc) is 3.23. The standard InChI is InChI=1S/C24H23N5O5S/c1-24(2)11-14-15(12-34-24)21(27-7-9-33-10-8-27)26-22-18(14)19-20(35-22)23(30)28(13-25-19)16-5-3-4-6-17(16)29(31)32/h3-6,13H,7-12H2,1-2H3. The van der Waals surface area contributed by atoms with Gasteiger partial charge in [-0.2, -0.15) is 0 Å². The predicted octanol–water partition coefficient (Wildman–Crippen LogP) is 3.59. The normalized spacial score (nSPS) is 17.6. The van der Waals surface area contributed by atoms with Crippen LogP contribution in [0.5, 0.6) is 0 Å². The highest BCUT2D eigenvalue weighted by Crippen LogP contribution is 2.42. The first-order valence-electron chi connectivity index (χ1n) is 11.4. The lowest BCUT2D eigenvalue weighted by atomic mass is 9.90. The van der Waals surface area contributed by atoms with Gasteiger partial charge in [-0.3, -0.25) is 19.5 Å². The number of thiophene rings is 1. The van der Waals surface area contributed by atoms with Crippen LogP contribution in [-0.4, -0.2) is 51.4 Å². The Bertz CT molecular complexity index is 1550. The Morgan fingerprint density at radius 2 is 1.94 bits per heavy atom. The molecule has 0 radical (unpaired) electrons. The van der Waals surface area contributed by atoms with Crippen molar-refractivity contribution in [1.29, 1.82) is 0 Å². The molecular weight excluding hydrogens is 470 g/mol. The number of benzene rings is 1. The number of morpholine rings is 1. The highest BCUT2D eigenvalue weighted by Gasteiger charge is 2.33. The van der Waals surface area contributed by atoms with E-state index in [1.54, 1.807) is 18.2 Å². The smallest absolute Gasteiger partial charge is 0.293 e. The summed E-state index contributed by atoms with van der Waals surface area (Å²) in [5, 5.41) is 12.4. The van der Waals surface area contributed by atoms with Crippen LogP contribution in [0, 0.1) is 10.1 Å². The molecule has 0 bridgehead atoms. The van der Waals surface area contributed by atoms with Crippen LogP contribution in [0.2, 0.25) is 0 Å².